The largest absolute Gasteiger partial charge is 0.451 e. The SMILES string of the molecule is CC(C)OCCCNC(=O)COC(=O)c1nn(-c2ccccc2)c(=O)c2ccccc12. The van der Waals surface area contributed by atoms with Crippen molar-refractivity contribution in [3.63, 3.8) is 0 Å². The summed E-state index contributed by atoms with van der Waals surface area (Å²) >= 11 is 0. The van der Waals surface area contributed by atoms with Gasteiger partial charge in [-0.15, -0.1) is 0 Å². The fourth-order valence-corrected chi connectivity index (χ4v) is 2.95. The molecule has 0 atom stereocenters. The molecule has 0 saturated heterocycles. The number of carbonyl (C=O) groups is 2. The van der Waals surface area contributed by atoms with E-state index in [-0.39, 0.29) is 17.4 Å². The molecule has 1 heterocycles. The van der Waals surface area contributed by atoms with Gasteiger partial charge in [0.15, 0.2) is 12.3 Å². The first-order valence-corrected chi connectivity index (χ1v) is 10.1. The molecule has 0 aliphatic carbocycles. The lowest BCUT2D eigenvalue weighted by molar-refractivity contribution is -0.124. The van der Waals surface area contributed by atoms with Gasteiger partial charge in [-0.3, -0.25) is 9.59 Å². The van der Waals surface area contributed by atoms with E-state index >= 15 is 0 Å². The van der Waals surface area contributed by atoms with E-state index in [1.165, 1.54) is 0 Å². The third-order valence-electron chi connectivity index (χ3n) is 4.43. The summed E-state index contributed by atoms with van der Waals surface area (Å²) in [6, 6.07) is 15.5. The number of hydrogen-bond acceptors (Lipinski definition) is 6. The minimum Gasteiger partial charge on any atom is -0.451 e. The summed E-state index contributed by atoms with van der Waals surface area (Å²) < 4.78 is 11.7. The average molecular weight is 423 g/mol. The number of aromatic nitrogens is 2. The van der Waals surface area contributed by atoms with Crippen molar-refractivity contribution < 1.29 is 19.1 Å². The van der Waals surface area contributed by atoms with E-state index in [9.17, 15) is 14.4 Å². The predicted octanol–water partition coefficient (Wildman–Crippen LogP) is 2.47. The maximum Gasteiger partial charge on any atom is 0.359 e. The molecule has 0 fully saturated rings. The number of ether oxygens (including phenoxy) is 2. The standard InChI is InChI=1S/C23H25N3O5/c1-16(2)30-14-8-13-24-20(27)15-31-23(29)21-18-11-6-7-12-19(18)22(28)26(25-21)17-9-4-3-5-10-17/h3-7,9-12,16H,8,13-15H2,1-2H3,(H,24,27). The topological polar surface area (TPSA) is 99.5 Å². The molecule has 0 aliphatic heterocycles. The van der Waals surface area contributed by atoms with Crippen LogP contribution in [0.25, 0.3) is 16.5 Å². The predicted molar refractivity (Wildman–Crippen MR) is 116 cm³/mol. The lowest BCUT2D eigenvalue weighted by atomic mass is 10.1. The van der Waals surface area contributed by atoms with Gasteiger partial charge in [-0.25, -0.2) is 4.79 Å². The zero-order valence-corrected chi connectivity index (χ0v) is 17.5. The minimum absolute atomic E-state index is 0.0304. The summed E-state index contributed by atoms with van der Waals surface area (Å²) in [6.07, 6.45) is 0.796. The van der Waals surface area contributed by atoms with Crippen LogP contribution in [-0.2, 0) is 14.3 Å². The first kappa shape index (κ1) is 22.2. The molecule has 0 spiro atoms. The molecule has 1 aromatic heterocycles. The maximum atomic E-state index is 12.9. The Morgan fingerprint density at radius 3 is 2.42 bits per heavy atom. The van der Waals surface area contributed by atoms with Crippen molar-refractivity contribution >= 4 is 22.6 Å². The number of rotatable bonds is 9. The molecule has 8 nitrogen and oxygen atoms in total. The molecule has 2 aromatic carbocycles. The zero-order valence-electron chi connectivity index (χ0n) is 17.5. The number of carbonyl (C=O) groups excluding carboxylic acids is 2. The Bertz CT molecular complexity index is 1110. The van der Waals surface area contributed by atoms with E-state index in [4.69, 9.17) is 9.47 Å². The maximum absolute atomic E-state index is 12.9. The smallest absolute Gasteiger partial charge is 0.359 e. The Hall–Kier alpha value is -3.52. The third kappa shape index (κ3) is 5.76. The summed E-state index contributed by atoms with van der Waals surface area (Å²) in [7, 11) is 0. The third-order valence-corrected chi connectivity index (χ3v) is 4.43. The van der Waals surface area contributed by atoms with E-state index in [1.807, 2.05) is 19.9 Å². The summed E-state index contributed by atoms with van der Waals surface area (Å²) in [4.78, 5) is 37.5. The first-order valence-electron chi connectivity index (χ1n) is 10.1. The van der Waals surface area contributed by atoms with E-state index in [1.54, 1.807) is 48.5 Å². The van der Waals surface area contributed by atoms with Gasteiger partial charge < -0.3 is 14.8 Å². The molecule has 31 heavy (non-hydrogen) atoms. The fraction of sp³-hybridized carbons (Fsp3) is 0.304. The monoisotopic (exact) mass is 423 g/mol. The van der Waals surface area contributed by atoms with Crippen LogP contribution in [0.3, 0.4) is 0 Å². The van der Waals surface area contributed by atoms with Crippen LogP contribution >= 0.6 is 0 Å². The minimum atomic E-state index is -0.779. The number of nitrogens with zero attached hydrogens (tertiary/aromatic N) is 2. The highest BCUT2D eigenvalue weighted by atomic mass is 16.5. The summed E-state index contributed by atoms with van der Waals surface area (Å²) in [6.45, 7) is 4.40. The van der Waals surface area contributed by atoms with Crippen molar-refractivity contribution in [3.8, 4) is 5.69 Å². The van der Waals surface area contributed by atoms with Gasteiger partial charge in [-0.2, -0.15) is 9.78 Å². The Labute approximate surface area is 179 Å². The highest BCUT2D eigenvalue weighted by Crippen LogP contribution is 2.16. The van der Waals surface area contributed by atoms with Crippen molar-refractivity contribution in [2.24, 2.45) is 0 Å². The van der Waals surface area contributed by atoms with Crippen molar-refractivity contribution in [2.45, 2.75) is 26.4 Å². The van der Waals surface area contributed by atoms with Crippen LogP contribution in [0.15, 0.2) is 59.4 Å². The molecule has 3 rings (SSSR count). The van der Waals surface area contributed by atoms with E-state index < -0.39 is 18.5 Å². The van der Waals surface area contributed by atoms with Gasteiger partial charge in [-0.05, 0) is 38.5 Å². The van der Waals surface area contributed by atoms with Crippen molar-refractivity contribution in [3.05, 3.63) is 70.6 Å². The van der Waals surface area contributed by atoms with Gasteiger partial charge in [0.2, 0.25) is 0 Å². The van der Waals surface area contributed by atoms with Crippen LogP contribution in [0.2, 0.25) is 0 Å². The molecular formula is C23H25N3O5. The van der Waals surface area contributed by atoms with Gasteiger partial charge in [-0.1, -0.05) is 36.4 Å². The summed E-state index contributed by atoms with van der Waals surface area (Å²) in [5.41, 5.74) is 0.144. The zero-order chi connectivity index (χ0) is 22.2. The van der Waals surface area contributed by atoms with Crippen LogP contribution in [0.5, 0.6) is 0 Å². The Morgan fingerprint density at radius 1 is 1.03 bits per heavy atom. The lowest BCUT2D eigenvalue weighted by Crippen LogP contribution is -2.31. The van der Waals surface area contributed by atoms with Gasteiger partial charge in [0.1, 0.15) is 0 Å². The molecule has 3 aromatic rings. The highest BCUT2D eigenvalue weighted by molar-refractivity contribution is 6.02. The van der Waals surface area contributed by atoms with Crippen molar-refractivity contribution in [1.82, 2.24) is 15.1 Å². The second-order valence-electron chi connectivity index (χ2n) is 7.15. The van der Waals surface area contributed by atoms with Gasteiger partial charge in [0, 0.05) is 18.5 Å². The highest BCUT2D eigenvalue weighted by Gasteiger charge is 2.19. The summed E-state index contributed by atoms with van der Waals surface area (Å²) in [5.74, 6) is -1.20. The number of esters is 1. The lowest BCUT2D eigenvalue weighted by Gasteiger charge is -2.11. The Kier molecular flexibility index (Phi) is 7.50. The van der Waals surface area contributed by atoms with Crippen molar-refractivity contribution in [1.29, 1.82) is 0 Å². The van der Waals surface area contributed by atoms with E-state index in [2.05, 4.69) is 10.4 Å². The van der Waals surface area contributed by atoms with Gasteiger partial charge >= 0.3 is 5.97 Å². The molecule has 1 amide bonds. The van der Waals surface area contributed by atoms with E-state index in [0.29, 0.717) is 36.0 Å². The second kappa shape index (κ2) is 10.5. The second-order valence-corrected chi connectivity index (χ2v) is 7.15. The van der Waals surface area contributed by atoms with Crippen LogP contribution in [0.4, 0.5) is 0 Å². The van der Waals surface area contributed by atoms with Crippen molar-refractivity contribution in [2.75, 3.05) is 19.8 Å². The Morgan fingerprint density at radius 2 is 1.71 bits per heavy atom. The Balaban J connectivity index is 1.73. The molecule has 0 bridgehead atoms. The van der Waals surface area contributed by atoms with Crippen LogP contribution in [0, 0.1) is 0 Å². The average Bonchev–Trinajstić information content (AvgIpc) is 2.78. The number of fused-ring (bicyclic) bond motifs is 1. The number of benzene rings is 2. The van der Waals surface area contributed by atoms with E-state index in [0.717, 1.165) is 4.68 Å². The summed E-state index contributed by atoms with van der Waals surface area (Å²) in [5, 5.41) is 7.62. The number of hydrogen-bond donors (Lipinski definition) is 1. The normalized spacial score (nSPS) is 10.9. The molecule has 0 saturated carbocycles. The molecule has 8 heteroatoms. The molecule has 162 valence electrons. The molecule has 0 aliphatic rings. The first-order chi connectivity index (χ1) is 15.0. The number of nitrogens with one attached hydrogen (secondary N) is 1. The van der Waals surface area contributed by atoms with Crippen LogP contribution in [-0.4, -0.2) is 47.5 Å². The van der Waals surface area contributed by atoms with Gasteiger partial charge in [0.25, 0.3) is 11.5 Å². The number of para-hydroxylation sites is 1. The molecule has 1 N–H and O–H groups in total. The fourth-order valence-electron chi connectivity index (χ4n) is 2.95. The van der Waals surface area contributed by atoms with Gasteiger partial charge in [0.05, 0.1) is 17.2 Å². The quantitative estimate of drug-likeness (QED) is 0.419. The van der Waals surface area contributed by atoms with Crippen LogP contribution in [0.1, 0.15) is 30.8 Å². The molecular weight excluding hydrogens is 398 g/mol. The number of amides is 1. The molecule has 0 unspecified atom stereocenters. The van der Waals surface area contributed by atoms with Crippen LogP contribution < -0.4 is 10.9 Å². The molecule has 0 radical (unpaired) electrons.